The highest BCUT2D eigenvalue weighted by atomic mass is 32.1. The van der Waals surface area contributed by atoms with Gasteiger partial charge in [-0.25, -0.2) is 9.97 Å². The second-order valence-electron chi connectivity index (χ2n) is 8.51. The third-order valence-corrected chi connectivity index (χ3v) is 6.70. The van der Waals surface area contributed by atoms with Crippen LogP contribution in [0.5, 0.6) is 0 Å². The molecule has 3 aromatic heterocycles. The number of pyridine rings is 1. The molecule has 0 aliphatic carbocycles. The maximum Gasteiger partial charge on any atom is 0.224 e. The van der Waals surface area contributed by atoms with Crippen molar-refractivity contribution in [3.8, 4) is 10.6 Å². The van der Waals surface area contributed by atoms with Gasteiger partial charge < -0.3 is 20.5 Å². The number of methoxy groups -OCH3 is 1. The average Bonchev–Trinajstić information content (AvgIpc) is 3.15. The molecule has 0 amide bonds. The van der Waals surface area contributed by atoms with E-state index in [1.165, 1.54) is 0 Å². The molecule has 0 radical (unpaired) electrons. The number of ether oxygens (including phenoxy) is 1. The number of hydrogen-bond acceptors (Lipinski definition) is 9. The van der Waals surface area contributed by atoms with Crippen LogP contribution in [-0.2, 0) is 4.74 Å². The quantitative estimate of drug-likeness (QED) is 0.363. The Hall–Kier alpha value is -2.36. The first-order chi connectivity index (χ1) is 15.2. The number of aryl methyl sites for hydroxylation is 2. The van der Waals surface area contributed by atoms with E-state index in [1.54, 1.807) is 18.4 Å². The van der Waals surface area contributed by atoms with Crippen LogP contribution in [0.25, 0.3) is 20.8 Å². The minimum atomic E-state index is -0.717. The molecule has 0 aliphatic heterocycles. The monoisotopic (exact) mass is 458 g/mol. The molecule has 0 bridgehead atoms. The molecule has 3 heterocycles. The molecule has 9 heteroatoms. The summed E-state index contributed by atoms with van der Waals surface area (Å²) in [6.07, 6.45) is 3.55. The SMILES string of the molecule is CCC(CCNc1nc(NCCOC)nc(C)c1-c1nc2c(C)nccc2s1)C(C)(C)O. The van der Waals surface area contributed by atoms with Crippen LogP contribution < -0.4 is 10.6 Å². The van der Waals surface area contributed by atoms with Crippen LogP contribution in [0.15, 0.2) is 12.3 Å². The van der Waals surface area contributed by atoms with Crippen molar-refractivity contribution in [2.24, 2.45) is 5.92 Å². The fraction of sp³-hybridized carbons (Fsp3) is 0.565. The van der Waals surface area contributed by atoms with E-state index >= 15 is 0 Å². The summed E-state index contributed by atoms with van der Waals surface area (Å²) in [5.74, 6) is 1.49. The van der Waals surface area contributed by atoms with Crippen LogP contribution in [-0.4, -0.2) is 57.4 Å². The van der Waals surface area contributed by atoms with Gasteiger partial charge in [0.15, 0.2) is 0 Å². The Morgan fingerprint density at radius 2 is 1.91 bits per heavy atom. The predicted octanol–water partition coefficient (Wildman–Crippen LogP) is 4.42. The lowest BCUT2D eigenvalue weighted by atomic mass is 9.86. The maximum absolute atomic E-state index is 10.4. The molecule has 3 N–H and O–H groups in total. The standard InChI is InChI=1S/C23H34N6O2S/c1-7-16(23(4,5)30)8-10-25-20-18(14(2)27-22(29-20)26-12-13-31-6)21-28-19-15(3)24-11-9-17(19)32-21/h9,11,16,30H,7-8,10,12-13H2,1-6H3,(H2,25,26,27,29). The third-order valence-electron chi connectivity index (χ3n) is 5.66. The minimum absolute atomic E-state index is 0.192. The largest absolute Gasteiger partial charge is 0.390 e. The summed E-state index contributed by atoms with van der Waals surface area (Å²) in [6, 6.07) is 1.99. The van der Waals surface area contributed by atoms with Gasteiger partial charge in [0.2, 0.25) is 5.95 Å². The van der Waals surface area contributed by atoms with E-state index in [9.17, 15) is 5.11 Å². The number of thiazole rings is 1. The van der Waals surface area contributed by atoms with E-state index in [4.69, 9.17) is 14.7 Å². The van der Waals surface area contributed by atoms with Gasteiger partial charge in [0.1, 0.15) is 16.3 Å². The maximum atomic E-state index is 10.4. The second-order valence-corrected chi connectivity index (χ2v) is 9.54. The molecule has 0 fully saturated rings. The average molecular weight is 459 g/mol. The number of anilines is 2. The summed E-state index contributed by atoms with van der Waals surface area (Å²) in [6.45, 7) is 11.7. The molecule has 0 saturated heterocycles. The van der Waals surface area contributed by atoms with Crippen molar-refractivity contribution in [3.05, 3.63) is 23.7 Å². The molecule has 0 aromatic carbocycles. The van der Waals surface area contributed by atoms with Crippen molar-refractivity contribution >= 4 is 33.3 Å². The fourth-order valence-electron chi connectivity index (χ4n) is 3.81. The summed E-state index contributed by atoms with van der Waals surface area (Å²) in [4.78, 5) is 18.7. The highest BCUT2D eigenvalue weighted by Crippen LogP contribution is 2.36. The predicted molar refractivity (Wildman–Crippen MR) is 131 cm³/mol. The summed E-state index contributed by atoms with van der Waals surface area (Å²) < 4.78 is 6.22. The van der Waals surface area contributed by atoms with Gasteiger partial charge in [0, 0.05) is 26.4 Å². The summed E-state index contributed by atoms with van der Waals surface area (Å²) in [5, 5.41) is 18.0. The lowest BCUT2D eigenvalue weighted by Crippen LogP contribution is -2.31. The van der Waals surface area contributed by atoms with Crippen LogP contribution in [0.1, 0.15) is 45.0 Å². The number of hydrogen-bond donors (Lipinski definition) is 3. The van der Waals surface area contributed by atoms with Gasteiger partial charge in [0.25, 0.3) is 0 Å². The number of nitrogens with one attached hydrogen (secondary N) is 2. The first-order valence-corrected chi connectivity index (χ1v) is 11.9. The highest BCUT2D eigenvalue weighted by Gasteiger charge is 2.25. The summed E-state index contributed by atoms with van der Waals surface area (Å²) in [7, 11) is 1.67. The number of aromatic nitrogens is 4. The van der Waals surface area contributed by atoms with E-state index in [0.717, 1.165) is 50.8 Å². The van der Waals surface area contributed by atoms with E-state index in [2.05, 4.69) is 27.5 Å². The van der Waals surface area contributed by atoms with Crippen molar-refractivity contribution in [1.82, 2.24) is 19.9 Å². The lowest BCUT2D eigenvalue weighted by molar-refractivity contribution is 0.0130. The molecular formula is C23H34N6O2S. The van der Waals surface area contributed by atoms with Gasteiger partial charge in [-0.2, -0.15) is 4.98 Å². The van der Waals surface area contributed by atoms with Crippen LogP contribution in [0.4, 0.5) is 11.8 Å². The zero-order valence-electron chi connectivity index (χ0n) is 19.8. The van der Waals surface area contributed by atoms with Gasteiger partial charge in [-0.1, -0.05) is 13.3 Å². The molecular weight excluding hydrogens is 424 g/mol. The van der Waals surface area contributed by atoms with E-state index in [-0.39, 0.29) is 5.92 Å². The van der Waals surface area contributed by atoms with Crippen LogP contribution in [0.3, 0.4) is 0 Å². The van der Waals surface area contributed by atoms with Gasteiger partial charge >= 0.3 is 0 Å². The van der Waals surface area contributed by atoms with E-state index in [0.29, 0.717) is 25.6 Å². The van der Waals surface area contributed by atoms with Gasteiger partial charge in [-0.15, -0.1) is 11.3 Å². The lowest BCUT2D eigenvalue weighted by Gasteiger charge is -2.28. The molecule has 8 nitrogen and oxygen atoms in total. The van der Waals surface area contributed by atoms with Crippen molar-refractivity contribution in [2.45, 2.75) is 53.1 Å². The van der Waals surface area contributed by atoms with Crippen molar-refractivity contribution < 1.29 is 9.84 Å². The molecule has 1 unspecified atom stereocenters. The molecule has 0 saturated carbocycles. The molecule has 3 rings (SSSR count). The summed E-state index contributed by atoms with van der Waals surface area (Å²) in [5.41, 5.74) is 2.85. The van der Waals surface area contributed by atoms with E-state index in [1.807, 2.05) is 40.0 Å². The Morgan fingerprint density at radius 3 is 2.56 bits per heavy atom. The Labute approximate surface area is 193 Å². The van der Waals surface area contributed by atoms with Gasteiger partial charge in [0.05, 0.1) is 33.9 Å². The van der Waals surface area contributed by atoms with Crippen LogP contribution in [0.2, 0.25) is 0 Å². The highest BCUT2D eigenvalue weighted by molar-refractivity contribution is 7.21. The molecule has 0 spiro atoms. The number of rotatable bonds is 11. The Kier molecular flexibility index (Phi) is 7.97. The van der Waals surface area contributed by atoms with Gasteiger partial charge in [-0.05, 0) is 46.1 Å². The van der Waals surface area contributed by atoms with E-state index < -0.39 is 5.60 Å². The third kappa shape index (κ3) is 5.70. The second kappa shape index (κ2) is 10.5. The number of aliphatic hydroxyl groups is 1. The molecule has 1 atom stereocenters. The molecule has 0 aliphatic rings. The Morgan fingerprint density at radius 1 is 1.12 bits per heavy atom. The van der Waals surface area contributed by atoms with Crippen molar-refractivity contribution in [2.75, 3.05) is 37.4 Å². The Balaban J connectivity index is 1.94. The zero-order valence-corrected chi connectivity index (χ0v) is 20.6. The van der Waals surface area contributed by atoms with Crippen molar-refractivity contribution in [1.29, 1.82) is 0 Å². The van der Waals surface area contributed by atoms with Gasteiger partial charge in [-0.3, -0.25) is 4.98 Å². The normalized spacial score (nSPS) is 12.8. The Bertz CT molecular complexity index is 1050. The minimum Gasteiger partial charge on any atom is -0.390 e. The van der Waals surface area contributed by atoms with Crippen LogP contribution >= 0.6 is 11.3 Å². The fourth-order valence-corrected chi connectivity index (χ4v) is 4.92. The zero-order chi connectivity index (χ0) is 23.3. The van der Waals surface area contributed by atoms with Crippen molar-refractivity contribution in [3.63, 3.8) is 0 Å². The molecule has 174 valence electrons. The number of fused-ring (bicyclic) bond motifs is 1. The molecule has 3 aromatic rings. The first-order valence-electron chi connectivity index (χ1n) is 11.0. The molecule has 32 heavy (non-hydrogen) atoms. The van der Waals surface area contributed by atoms with Crippen LogP contribution in [0, 0.1) is 19.8 Å². The topological polar surface area (TPSA) is 105 Å². The number of nitrogens with zero attached hydrogens (tertiary/aromatic N) is 4. The first kappa shape index (κ1) is 24.3. The summed E-state index contributed by atoms with van der Waals surface area (Å²) >= 11 is 1.62. The smallest absolute Gasteiger partial charge is 0.224 e.